The van der Waals surface area contributed by atoms with Crippen molar-refractivity contribution in [2.24, 2.45) is 0 Å². The molecule has 0 N–H and O–H groups in total. The van der Waals surface area contributed by atoms with Gasteiger partial charge in [-0.25, -0.2) is 0 Å². The zero-order chi connectivity index (χ0) is 10.3. The van der Waals surface area contributed by atoms with Crippen LogP contribution in [0.3, 0.4) is 0 Å². The van der Waals surface area contributed by atoms with Crippen LogP contribution in [0.5, 0.6) is 0 Å². The molecule has 1 aromatic rings. The molecule has 3 heteroatoms. The van der Waals surface area contributed by atoms with Gasteiger partial charge in [-0.3, -0.25) is 0 Å². The summed E-state index contributed by atoms with van der Waals surface area (Å²) in [5, 5.41) is 2.31. The zero-order valence-corrected chi connectivity index (χ0v) is 16.1. The summed E-state index contributed by atoms with van der Waals surface area (Å²) >= 11 is -1.55. The average Bonchev–Trinajstić information content (AvgIpc) is 2.27. The summed E-state index contributed by atoms with van der Waals surface area (Å²) in [5.41, 5.74) is 0. The molecule has 0 spiro atoms. The van der Waals surface area contributed by atoms with Crippen molar-refractivity contribution in [3.8, 4) is 0 Å². The van der Waals surface area contributed by atoms with E-state index in [2.05, 4.69) is 41.1 Å². The fourth-order valence-corrected chi connectivity index (χ4v) is 29.4. The molecule has 1 aromatic heterocycles. The predicted molar refractivity (Wildman–Crippen MR) is 70.3 cm³/mol. The van der Waals surface area contributed by atoms with Crippen molar-refractivity contribution in [2.75, 3.05) is 0 Å². The van der Waals surface area contributed by atoms with Crippen LogP contribution in [0.1, 0.15) is 0 Å². The SMILES string of the molecule is [CH3][Sn]([CH3])([CH3])[c]1ccs[c]1[Sn]([CH3])([CH3])[CH3]. The van der Waals surface area contributed by atoms with Crippen LogP contribution in [0.4, 0.5) is 0 Å². The van der Waals surface area contributed by atoms with E-state index in [0.29, 0.717) is 0 Å². The summed E-state index contributed by atoms with van der Waals surface area (Å²) in [4.78, 5) is 15.2. The maximum atomic E-state index is 2.53. The summed E-state index contributed by atoms with van der Waals surface area (Å²) in [6.07, 6.45) is 0. The van der Waals surface area contributed by atoms with E-state index < -0.39 is 36.8 Å². The quantitative estimate of drug-likeness (QED) is 0.659. The Bertz CT molecular complexity index is 260. The first kappa shape index (κ1) is 12.4. The Morgan fingerprint density at radius 1 is 0.923 bits per heavy atom. The maximum absolute atomic E-state index is 2.53. The minimum absolute atomic E-state index is 1.78. The van der Waals surface area contributed by atoms with Crippen molar-refractivity contribution in [1.29, 1.82) is 0 Å². The molecule has 0 aliphatic carbocycles. The molecule has 0 unspecified atom stereocenters. The van der Waals surface area contributed by atoms with Gasteiger partial charge in [0.25, 0.3) is 0 Å². The molecule has 13 heavy (non-hydrogen) atoms. The second-order valence-electron chi connectivity index (χ2n) is 5.66. The van der Waals surface area contributed by atoms with Gasteiger partial charge in [-0.15, -0.1) is 0 Å². The van der Waals surface area contributed by atoms with Gasteiger partial charge in [-0.05, 0) is 0 Å². The number of rotatable bonds is 2. The van der Waals surface area contributed by atoms with Gasteiger partial charge in [0.15, 0.2) is 0 Å². The van der Waals surface area contributed by atoms with Crippen LogP contribution in [0.2, 0.25) is 29.6 Å². The first-order chi connectivity index (χ1) is 5.73. The summed E-state index contributed by atoms with van der Waals surface area (Å²) in [5.74, 6) is 0. The third-order valence-electron chi connectivity index (χ3n) is 2.15. The number of hydrogen-bond acceptors (Lipinski definition) is 1. The second-order valence-corrected chi connectivity index (χ2v) is 36.3. The molecule has 0 fully saturated rings. The molecule has 0 amide bonds. The van der Waals surface area contributed by atoms with Gasteiger partial charge in [0, 0.05) is 0 Å². The van der Waals surface area contributed by atoms with Gasteiger partial charge in [0.2, 0.25) is 0 Å². The van der Waals surface area contributed by atoms with Crippen LogP contribution >= 0.6 is 11.3 Å². The molecule has 1 rings (SSSR count). The average molecular weight is 410 g/mol. The predicted octanol–water partition coefficient (Wildman–Crippen LogP) is 2.84. The fraction of sp³-hybridized carbons (Fsp3) is 0.600. The van der Waals surface area contributed by atoms with Gasteiger partial charge >= 0.3 is 95.6 Å². The molecular weight excluding hydrogens is 390 g/mol. The molecule has 0 saturated carbocycles. The Hall–Kier alpha value is 1.30. The van der Waals surface area contributed by atoms with E-state index in [1.54, 1.807) is 0 Å². The Morgan fingerprint density at radius 2 is 1.46 bits per heavy atom. The molecule has 0 aliphatic heterocycles. The van der Waals surface area contributed by atoms with Crippen LogP contribution in [-0.4, -0.2) is 36.8 Å². The molecule has 0 aromatic carbocycles. The third-order valence-corrected chi connectivity index (χ3v) is 21.0. The van der Waals surface area contributed by atoms with Crippen LogP contribution in [-0.2, 0) is 0 Å². The second kappa shape index (κ2) is 4.04. The minimum atomic E-state index is -1.79. The van der Waals surface area contributed by atoms with E-state index in [1.807, 2.05) is 17.8 Å². The van der Waals surface area contributed by atoms with Gasteiger partial charge in [0.05, 0.1) is 0 Å². The number of thiophene rings is 1. The molecule has 0 atom stereocenters. The first-order valence-electron chi connectivity index (χ1n) is 4.81. The van der Waals surface area contributed by atoms with E-state index >= 15 is 0 Å². The van der Waals surface area contributed by atoms with Crippen molar-refractivity contribution >= 4 is 54.6 Å². The van der Waals surface area contributed by atoms with Crippen LogP contribution in [0.15, 0.2) is 11.4 Å². The Balaban J connectivity index is 3.19. The van der Waals surface area contributed by atoms with Crippen LogP contribution < -0.4 is 6.47 Å². The standard InChI is InChI=1S/C4H2S.6CH3.2Sn/c1-2-4-5-3-1;;;;;;;;/h1,3H;6*1H3;;. The summed E-state index contributed by atoms with van der Waals surface area (Å²) in [6.45, 7) is 0. The van der Waals surface area contributed by atoms with E-state index in [0.717, 1.165) is 0 Å². The summed E-state index contributed by atoms with van der Waals surface area (Å²) in [7, 11) is 0. The molecule has 0 aliphatic rings. The summed E-state index contributed by atoms with van der Waals surface area (Å²) in [6, 6.07) is 2.41. The normalized spacial score (nSPS) is 13.4. The molecule has 0 bridgehead atoms. The van der Waals surface area contributed by atoms with Gasteiger partial charge < -0.3 is 0 Å². The van der Waals surface area contributed by atoms with Crippen molar-refractivity contribution < 1.29 is 0 Å². The number of hydrogen-bond donors (Lipinski definition) is 0. The first-order valence-corrected chi connectivity index (χ1v) is 25.7. The molecule has 0 radical (unpaired) electrons. The van der Waals surface area contributed by atoms with Crippen LogP contribution in [0.25, 0.3) is 0 Å². The molecule has 74 valence electrons. The van der Waals surface area contributed by atoms with E-state index in [4.69, 9.17) is 0 Å². The molecule has 0 saturated heterocycles. The van der Waals surface area contributed by atoms with Crippen molar-refractivity contribution in [3.05, 3.63) is 11.4 Å². The zero-order valence-electron chi connectivity index (χ0n) is 9.56. The molecule has 0 nitrogen and oxygen atoms in total. The monoisotopic (exact) mass is 412 g/mol. The van der Waals surface area contributed by atoms with Gasteiger partial charge in [-0.2, -0.15) is 0 Å². The van der Waals surface area contributed by atoms with Crippen molar-refractivity contribution in [3.63, 3.8) is 0 Å². The topological polar surface area (TPSA) is 0 Å². The van der Waals surface area contributed by atoms with Gasteiger partial charge in [-0.1, -0.05) is 0 Å². The molecule has 1 heterocycles. The van der Waals surface area contributed by atoms with Crippen LogP contribution in [0, 0.1) is 0 Å². The van der Waals surface area contributed by atoms with Gasteiger partial charge in [0.1, 0.15) is 0 Å². The molecular formula is C10H20SSn2. The van der Waals surface area contributed by atoms with E-state index in [1.165, 1.54) is 0 Å². The van der Waals surface area contributed by atoms with E-state index in [9.17, 15) is 0 Å². The Morgan fingerprint density at radius 3 is 1.77 bits per heavy atom. The fourth-order valence-electron chi connectivity index (χ4n) is 1.48. The van der Waals surface area contributed by atoms with Crippen molar-refractivity contribution in [1.82, 2.24) is 0 Å². The Kier molecular flexibility index (Phi) is 3.85. The van der Waals surface area contributed by atoms with E-state index in [-0.39, 0.29) is 0 Å². The van der Waals surface area contributed by atoms with Crippen molar-refractivity contribution in [2.45, 2.75) is 29.6 Å². The third kappa shape index (κ3) is 3.13. The summed E-state index contributed by atoms with van der Waals surface area (Å²) < 4.78 is 3.64. The Labute approximate surface area is 94.5 Å².